The van der Waals surface area contributed by atoms with Crippen molar-refractivity contribution in [2.75, 3.05) is 13.2 Å². The molecule has 4 rings (SSSR count). The van der Waals surface area contributed by atoms with Gasteiger partial charge in [-0.15, -0.1) is 0 Å². The van der Waals surface area contributed by atoms with Crippen LogP contribution in [-0.2, 0) is 9.47 Å². The Morgan fingerprint density at radius 1 is 0.750 bits per heavy atom. The van der Waals surface area contributed by atoms with Gasteiger partial charge >= 0.3 is 12.3 Å². The monoisotopic (exact) mass is 518 g/mol. The highest BCUT2D eigenvalue weighted by Crippen LogP contribution is 2.40. The van der Waals surface area contributed by atoms with Crippen LogP contribution < -0.4 is 4.74 Å². The second kappa shape index (κ2) is 9.70. The van der Waals surface area contributed by atoms with Crippen molar-refractivity contribution in [2.24, 2.45) is 5.92 Å². The SMILES string of the molecule is CC1COC(c2ccc(-c3ccc(-c4ccc(OC(F)(F)C(F)(F)F)c(F)c4F)cc3)cc2F)OC1. The van der Waals surface area contributed by atoms with Crippen LogP contribution in [0.15, 0.2) is 54.6 Å². The van der Waals surface area contributed by atoms with Gasteiger partial charge in [0.25, 0.3) is 0 Å². The first-order valence-corrected chi connectivity index (χ1v) is 10.6. The van der Waals surface area contributed by atoms with Crippen molar-refractivity contribution in [1.82, 2.24) is 0 Å². The normalized spacial score (nSPS) is 18.8. The molecule has 3 aromatic rings. The number of benzene rings is 3. The average Bonchev–Trinajstić information content (AvgIpc) is 2.82. The standard InChI is InChI=1S/C25H18F8O3/c1-13-11-34-23(35-12-13)18-7-6-16(10-19(18)26)14-2-4-15(5-3-14)17-8-9-20(22(28)21(17)27)36-25(32,33)24(29,30)31/h2-10,13,23H,11-12H2,1H3. The molecular weight excluding hydrogens is 500 g/mol. The Morgan fingerprint density at radius 2 is 1.33 bits per heavy atom. The van der Waals surface area contributed by atoms with Crippen LogP contribution in [0.2, 0.25) is 0 Å². The van der Waals surface area contributed by atoms with Crippen LogP contribution in [0.5, 0.6) is 5.75 Å². The molecule has 0 saturated carbocycles. The molecule has 11 heteroatoms. The van der Waals surface area contributed by atoms with E-state index in [0.717, 1.165) is 6.07 Å². The highest BCUT2D eigenvalue weighted by atomic mass is 19.4. The van der Waals surface area contributed by atoms with Crippen LogP contribution in [0.4, 0.5) is 35.1 Å². The fourth-order valence-electron chi connectivity index (χ4n) is 3.55. The summed E-state index contributed by atoms with van der Waals surface area (Å²) >= 11 is 0. The molecule has 0 aliphatic carbocycles. The zero-order valence-corrected chi connectivity index (χ0v) is 18.5. The minimum absolute atomic E-state index is 0.0968. The summed E-state index contributed by atoms with van der Waals surface area (Å²) in [5, 5.41) is 0. The molecule has 0 bridgehead atoms. The van der Waals surface area contributed by atoms with Crippen LogP contribution in [0.3, 0.4) is 0 Å². The summed E-state index contributed by atoms with van der Waals surface area (Å²) in [4.78, 5) is 0. The zero-order chi connectivity index (χ0) is 26.3. The van der Waals surface area contributed by atoms with Gasteiger partial charge in [-0.3, -0.25) is 0 Å². The van der Waals surface area contributed by atoms with Gasteiger partial charge < -0.3 is 14.2 Å². The molecule has 1 aliphatic heterocycles. The van der Waals surface area contributed by atoms with Gasteiger partial charge in [-0.2, -0.15) is 26.3 Å². The van der Waals surface area contributed by atoms with Crippen LogP contribution in [0.25, 0.3) is 22.3 Å². The predicted octanol–water partition coefficient (Wildman–Crippen LogP) is 7.65. The van der Waals surface area contributed by atoms with Gasteiger partial charge in [0, 0.05) is 17.0 Å². The van der Waals surface area contributed by atoms with Gasteiger partial charge in [0.15, 0.2) is 17.9 Å². The topological polar surface area (TPSA) is 27.7 Å². The van der Waals surface area contributed by atoms with Gasteiger partial charge in [0.2, 0.25) is 5.82 Å². The molecule has 0 atom stereocenters. The number of halogens is 8. The summed E-state index contributed by atoms with van der Waals surface area (Å²) in [6.45, 7) is 2.80. The largest absolute Gasteiger partial charge is 0.499 e. The van der Waals surface area contributed by atoms with Gasteiger partial charge in [0.05, 0.1) is 13.2 Å². The van der Waals surface area contributed by atoms with Crippen LogP contribution in [-0.4, -0.2) is 25.5 Å². The third-order valence-corrected chi connectivity index (χ3v) is 5.46. The summed E-state index contributed by atoms with van der Waals surface area (Å²) < 4.78 is 121. The highest BCUT2D eigenvalue weighted by Gasteiger charge is 2.61. The van der Waals surface area contributed by atoms with Crippen molar-refractivity contribution in [3.05, 3.63) is 77.6 Å². The fourth-order valence-corrected chi connectivity index (χ4v) is 3.55. The maximum absolute atomic E-state index is 14.7. The predicted molar refractivity (Wildman–Crippen MR) is 113 cm³/mol. The van der Waals surface area contributed by atoms with E-state index in [1.165, 1.54) is 36.4 Å². The van der Waals surface area contributed by atoms with E-state index >= 15 is 0 Å². The van der Waals surface area contributed by atoms with E-state index in [2.05, 4.69) is 4.74 Å². The molecule has 0 N–H and O–H groups in total. The van der Waals surface area contributed by atoms with Gasteiger partial charge in [-0.1, -0.05) is 43.3 Å². The summed E-state index contributed by atoms with van der Waals surface area (Å²) in [5.74, 6) is -5.62. The van der Waals surface area contributed by atoms with E-state index in [-0.39, 0.29) is 17.0 Å². The minimum Gasteiger partial charge on any atom is -0.423 e. The van der Waals surface area contributed by atoms with E-state index < -0.39 is 47.3 Å². The molecule has 0 unspecified atom stereocenters. The lowest BCUT2D eigenvalue weighted by Crippen LogP contribution is -2.42. The summed E-state index contributed by atoms with van der Waals surface area (Å²) in [5.41, 5.74) is 0.924. The maximum Gasteiger partial charge on any atom is 0.499 e. The quantitative estimate of drug-likeness (QED) is 0.325. The Balaban J connectivity index is 1.54. The smallest absolute Gasteiger partial charge is 0.423 e. The van der Waals surface area contributed by atoms with Crippen LogP contribution in [0, 0.1) is 23.4 Å². The van der Waals surface area contributed by atoms with Crippen LogP contribution >= 0.6 is 0 Å². The lowest BCUT2D eigenvalue weighted by atomic mass is 9.98. The molecule has 0 amide bonds. The molecule has 1 heterocycles. The van der Waals surface area contributed by atoms with Crippen molar-refractivity contribution in [3.63, 3.8) is 0 Å². The summed E-state index contributed by atoms with van der Waals surface area (Å²) in [7, 11) is 0. The third-order valence-electron chi connectivity index (χ3n) is 5.46. The maximum atomic E-state index is 14.7. The van der Waals surface area contributed by atoms with Crippen molar-refractivity contribution < 1.29 is 49.3 Å². The minimum atomic E-state index is -6.11. The zero-order valence-electron chi connectivity index (χ0n) is 18.5. The van der Waals surface area contributed by atoms with Gasteiger partial charge in [-0.25, -0.2) is 8.78 Å². The number of hydrogen-bond acceptors (Lipinski definition) is 3. The Bertz CT molecular complexity index is 1230. The molecule has 0 spiro atoms. The highest BCUT2D eigenvalue weighted by molar-refractivity contribution is 5.71. The first-order chi connectivity index (χ1) is 16.9. The molecule has 1 aliphatic rings. The summed E-state index contributed by atoms with van der Waals surface area (Å²) in [6.07, 6.45) is -12.6. The lowest BCUT2D eigenvalue weighted by Gasteiger charge is -2.27. The average molecular weight is 518 g/mol. The molecule has 1 saturated heterocycles. The van der Waals surface area contributed by atoms with Crippen molar-refractivity contribution in [1.29, 1.82) is 0 Å². The van der Waals surface area contributed by atoms with Crippen molar-refractivity contribution >= 4 is 0 Å². The Kier molecular flexibility index (Phi) is 6.98. The number of hydrogen-bond donors (Lipinski definition) is 0. The number of ether oxygens (including phenoxy) is 3. The Morgan fingerprint density at radius 3 is 1.92 bits per heavy atom. The summed E-state index contributed by atoms with van der Waals surface area (Å²) in [6, 6.07) is 11.4. The van der Waals surface area contributed by atoms with E-state index in [4.69, 9.17) is 9.47 Å². The van der Waals surface area contributed by atoms with Gasteiger partial charge in [0.1, 0.15) is 5.82 Å². The molecule has 36 heavy (non-hydrogen) atoms. The lowest BCUT2D eigenvalue weighted by molar-refractivity contribution is -0.361. The third kappa shape index (κ3) is 5.17. The number of rotatable bonds is 5. The Hall–Kier alpha value is -3.18. The first kappa shape index (κ1) is 25.9. The second-order valence-corrected chi connectivity index (χ2v) is 8.27. The molecule has 0 aromatic heterocycles. The molecule has 3 nitrogen and oxygen atoms in total. The van der Waals surface area contributed by atoms with E-state index in [1.54, 1.807) is 6.07 Å². The first-order valence-electron chi connectivity index (χ1n) is 10.6. The van der Waals surface area contributed by atoms with E-state index in [9.17, 15) is 35.1 Å². The van der Waals surface area contributed by atoms with Crippen molar-refractivity contribution in [2.45, 2.75) is 25.5 Å². The molecule has 192 valence electrons. The molecule has 0 radical (unpaired) electrons. The Labute approximate surface area is 200 Å². The second-order valence-electron chi connectivity index (χ2n) is 8.27. The van der Waals surface area contributed by atoms with E-state index in [1.807, 2.05) is 6.92 Å². The molecule has 1 fully saturated rings. The van der Waals surface area contributed by atoms with Gasteiger partial charge in [-0.05, 0) is 34.9 Å². The fraction of sp³-hybridized carbons (Fsp3) is 0.280. The van der Waals surface area contributed by atoms with E-state index in [0.29, 0.717) is 30.4 Å². The van der Waals surface area contributed by atoms with Crippen molar-refractivity contribution in [3.8, 4) is 28.0 Å². The van der Waals surface area contributed by atoms with Crippen LogP contribution in [0.1, 0.15) is 18.8 Å². The molecule has 3 aromatic carbocycles. The number of alkyl halides is 5. The molecular formula is C25H18F8O3.